The van der Waals surface area contributed by atoms with Gasteiger partial charge in [0.25, 0.3) is 0 Å². The number of hydrogen-bond donors (Lipinski definition) is 3. The Morgan fingerprint density at radius 1 is 0.400 bits per heavy atom. The van der Waals surface area contributed by atoms with E-state index < -0.39 is 0 Å². The average Bonchev–Trinajstić information content (AvgIpc) is 3.39. The van der Waals surface area contributed by atoms with Crippen LogP contribution < -0.4 is 14.5 Å². The summed E-state index contributed by atoms with van der Waals surface area (Å²) in [5, 5.41) is 53.1. The fourth-order valence-electron chi connectivity index (χ4n) is 8.02. The molecule has 0 amide bonds. The lowest BCUT2D eigenvalue weighted by molar-refractivity contribution is 0.455. The highest BCUT2D eigenvalue weighted by atomic mass is 16.5. The monoisotopic (exact) mass is 920 g/mol. The molecule has 0 aliphatic rings. The number of hydrogen-bond acceptors (Lipinski definition) is 14. The van der Waals surface area contributed by atoms with Crippen molar-refractivity contribution < 1.29 is 20.1 Å². The third-order valence-electron chi connectivity index (χ3n) is 11.5. The second-order valence-electron chi connectivity index (χ2n) is 16.3. The Balaban J connectivity index is 0.921. The molecule has 0 aliphatic heterocycles. The lowest BCUT2D eigenvalue weighted by atomic mass is 10.1. The third-order valence-corrected chi connectivity index (χ3v) is 11.5. The van der Waals surface area contributed by atoms with Crippen LogP contribution in [0.2, 0.25) is 0 Å². The second-order valence-corrected chi connectivity index (χ2v) is 16.3. The quantitative estimate of drug-likeness (QED) is 0.0790. The van der Waals surface area contributed by atoms with Crippen LogP contribution in [0.4, 0.5) is 34.1 Å². The van der Waals surface area contributed by atoms with Gasteiger partial charge in [0.15, 0.2) is 5.75 Å². The van der Waals surface area contributed by atoms with Crippen LogP contribution in [0.5, 0.6) is 28.7 Å². The van der Waals surface area contributed by atoms with E-state index in [0.29, 0.717) is 70.9 Å². The summed E-state index contributed by atoms with van der Waals surface area (Å²) >= 11 is 0. The number of rotatable bonds is 16. The van der Waals surface area contributed by atoms with Crippen LogP contribution >= 0.6 is 0 Å². The molecule has 0 fully saturated rings. The number of aromatic hydroxyl groups is 3. The van der Waals surface area contributed by atoms with Crippen molar-refractivity contribution in [2.24, 2.45) is 20.5 Å². The van der Waals surface area contributed by atoms with Crippen molar-refractivity contribution in [3.8, 4) is 28.7 Å². The summed E-state index contributed by atoms with van der Waals surface area (Å²) < 4.78 is 6.54. The Morgan fingerprint density at radius 3 is 1.37 bits per heavy atom. The summed E-state index contributed by atoms with van der Waals surface area (Å²) in [6.45, 7) is 2.29. The first-order chi connectivity index (χ1) is 34.4. The van der Waals surface area contributed by atoms with Gasteiger partial charge in [-0.25, -0.2) is 0 Å². The summed E-state index contributed by atoms with van der Waals surface area (Å²) in [4.78, 5) is 22.5. The van der Waals surface area contributed by atoms with Gasteiger partial charge in [0.05, 0.1) is 60.3 Å². The Kier molecular flexibility index (Phi) is 13.0. The van der Waals surface area contributed by atoms with E-state index in [0.717, 1.165) is 39.5 Å². The van der Waals surface area contributed by atoms with Gasteiger partial charge in [-0.05, 0) is 145 Å². The summed E-state index contributed by atoms with van der Waals surface area (Å²) in [6, 6.07) is 53.8. The molecule has 4 heterocycles. The van der Waals surface area contributed by atoms with Crippen LogP contribution in [-0.4, -0.2) is 35.3 Å². The van der Waals surface area contributed by atoms with E-state index in [2.05, 4.69) is 45.1 Å². The fourth-order valence-corrected chi connectivity index (χ4v) is 8.02. The van der Waals surface area contributed by atoms with Crippen LogP contribution in [0.25, 0.3) is 21.5 Å². The zero-order valence-electron chi connectivity index (χ0n) is 37.6. The lowest BCUT2D eigenvalue weighted by Gasteiger charge is -2.24. The largest absolute Gasteiger partial charge is 0.508 e. The minimum absolute atomic E-state index is 0.107. The highest BCUT2D eigenvalue weighted by molar-refractivity contribution is 6.00. The molecule has 10 rings (SSSR count). The van der Waals surface area contributed by atoms with E-state index in [1.54, 1.807) is 67.3 Å². The van der Waals surface area contributed by atoms with Crippen molar-refractivity contribution in [3.05, 3.63) is 223 Å². The minimum atomic E-state index is -0.262. The molecular weight excluding hydrogens is 877 g/mol. The number of ether oxygens (including phenoxy) is 1. The molecule has 0 saturated carbocycles. The van der Waals surface area contributed by atoms with Gasteiger partial charge >= 0.3 is 0 Å². The highest BCUT2D eigenvalue weighted by Crippen LogP contribution is 2.45. The normalized spacial score (nSPS) is 11.4. The molecule has 0 saturated heterocycles. The fraction of sp³-hybridized carbons (Fsp3) is 0.0714. The first kappa shape index (κ1) is 44.3. The predicted octanol–water partition coefficient (Wildman–Crippen LogP) is 13.7. The maximum atomic E-state index is 11.2. The second kappa shape index (κ2) is 20.5. The zero-order chi connectivity index (χ0) is 47.7. The van der Waals surface area contributed by atoms with E-state index in [1.165, 1.54) is 6.07 Å². The van der Waals surface area contributed by atoms with Crippen LogP contribution in [0.1, 0.15) is 22.8 Å². The predicted molar refractivity (Wildman–Crippen MR) is 271 cm³/mol. The summed E-state index contributed by atoms with van der Waals surface area (Å²) in [5.41, 5.74) is 7.31. The van der Waals surface area contributed by atoms with Crippen LogP contribution in [0.3, 0.4) is 0 Å². The van der Waals surface area contributed by atoms with Gasteiger partial charge < -0.3 is 29.9 Å². The van der Waals surface area contributed by atoms with Crippen LogP contribution in [0.15, 0.2) is 221 Å². The summed E-state index contributed by atoms with van der Waals surface area (Å²) in [5.74, 6) is 0.463. The number of pyridine rings is 4. The van der Waals surface area contributed by atoms with E-state index in [1.807, 2.05) is 127 Å². The molecule has 342 valence electrons. The Hall–Kier alpha value is -9.56. The summed E-state index contributed by atoms with van der Waals surface area (Å²) in [6.07, 6.45) is 7.14. The smallest absolute Gasteiger partial charge is 0.155 e. The number of fused-ring (bicyclic) bond motifs is 2. The van der Waals surface area contributed by atoms with Gasteiger partial charge in [0.2, 0.25) is 0 Å². The number of phenols is 3. The molecule has 0 bridgehead atoms. The number of phenolic OH excluding ortho intramolecular Hbond substituents is 3. The van der Waals surface area contributed by atoms with E-state index in [4.69, 9.17) is 9.85 Å². The number of anilines is 2. The van der Waals surface area contributed by atoms with Crippen molar-refractivity contribution in [2.75, 3.05) is 9.80 Å². The number of nitrogens with zero attached hydrogens (tertiary/aromatic N) is 10. The Bertz CT molecular complexity index is 3360. The number of benzene rings is 6. The zero-order valence-corrected chi connectivity index (χ0v) is 37.6. The van der Waals surface area contributed by atoms with Gasteiger partial charge in [0, 0.05) is 58.4 Å². The lowest BCUT2D eigenvalue weighted by Crippen LogP contribution is -2.23. The molecule has 14 nitrogen and oxygen atoms in total. The Morgan fingerprint density at radius 2 is 0.886 bits per heavy atom. The minimum Gasteiger partial charge on any atom is -0.508 e. The third kappa shape index (κ3) is 10.5. The molecule has 6 aromatic carbocycles. The number of aromatic nitrogens is 4. The van der Waals surface area contributed by atoms with Crippen LogP contribution in [0, 0.1) is 0 Å². The molecule has 0 aliphatic carbocycles. The molecule has 70 heavy (non-hydrogen) atoms. The molecular formula is C56H44N10O4. The molecule has 4 aromatic heterocycles. The van der Waals surface area contributed by atoms with Crippen molar-refractivity contribution in [2.45, 2.75) is 26.2 Å². The average molecular weight is 921 g/mol. The Labute approximate surface area is 402 Å². The molecule has 0 unspecified atom stereocenters. The highest BCUT2D eigenvalue weighted by Gasteiger charge is 2.17. The van der Waals surface area contributed by atoms with Crippen molar-refractivity contribution in [1.82, 2.24) is 19.9 Å². The van der Waals surface area contributed by atoms with Gasteiger partial charge in [-0.15, -0.1) is 10.2 Å². The molecule has 0 spiro atoms. The topological polar surface area (TPSA) is 177 Å². The van der Waals surface area contributed by atoms with E-state index >= 15 is 0 Å². The van der Waals surface area contributed by atoms with E-state index in [-0.39, 0.29) is 22.9 Å². The van der Waals surface area contributed by atoms with Gasteiger partial charge in [-0.1, -0.05) is 30.3 Å². The van der Waals surface area contributed by atoms with Crippen molar-refractivity contribution in [1.29, 1.82) is 0 Å². The number of azo groups is 2. The van der Waals surface area contributed by atoms with Crippen LogP contribution in [-0.2, 0) is 26.2 Å². The van der Waals surface area contributed by atoms with Crippen molar-refractivity contribution in [3.63, 3.8) is 0 Å². The molecule has 0 radical (unpaired) electrons. The maximum absolute atomic E-state index is 11.2. The molecule has 0 atom stereocenters. The van der Waals surface area contributed by atoms with Gasteiger partial charge in [-0.3, -0.25) is 19.9 Å². The van der Waals surface area contributed by atoms with Gasteiger partial charge in [0.1, 0.15) is 34.4 Å². The maximum Gasteiger partial charge on any atom is 0.155 e. The molecule has 3 N–H and O–H groups in total. The van der Waals surface area contributed by atoms with E-state index in [9.17, 15) is 15.3 Å². The van der Waals surface area contributed by atoms with Crippen molar-refractivity contribution >= 4 is 55.7 Å². The molecule has 10 aromatic rings. The summed E-state index contributed by atoms with van der Waals surface area (Å²) in [7, 11) is 0. The molecule has 14 heteroatoms. The first-order valence-electron chi connectivity index (χ1n) is 22.4. The van der Waals surface area contributed by atoms with Gasteiger partial charge in [-0.2, -0.15) is 10.2 Å². The SMILES string of the molecule is Oc1ccc2c(/N=N/c3ccc(N(Cc4ccccn4)Cc4ccccn4)cc3)c(Oc3ccc4c(O)cc(O)c(/N=N/c5ccc(N(Cc6ccccn6)Cc6ccccn6)cc5)c4c3)ccc2c1. The standard InChI is InChI=1S/C56H44N10O4/c67-47-22-24-49-38(31-47)13-26-54(56(49)64-62-40-16-20-46(21-17-40)66(36-43-11-3-7-29-59-43)37-44-12-4-8-30-60-44)70-48-23-25-50-51(32-48)55(53(69)33-52(50)68)63-61-39-14-18-45(19-15-39)65(34-41-9-1-5-27-57-41)35-42-10-2-6-28-58-42/h1-33,67-69H,34-37H2/b63-61+,64-62+. The first-order valence-corrected chi connectivity index (χ1v) is 22.4.